The van der Waals surface area contributed by atoms with E-state index in [1.54, 1.807) is 24.3 Å². The standard InChI is InChI=1S/C20H19N3O3S/c1-3-23-17-7-5-4-6-16(17)22-20(23)19-13-12-18(26-19)14-8-10-15(11-9-14)27(24,25)21-2/h4-13,21H,3H2,1-2H3. The molecule has 0 unspecified atom stereocenters. The highest BCUT2D eigenvalue weighted by atomic mass is 32.2. The Hall–Kier alpha value is -2.90. The molecule has 0 saturated heterocycles. The first-order valence-corrected chi connectivity index (χ1v) is 10.1. The Morgan fingerprint density at radius 2 is 1.70 bits per heavy atom. The quantitative estimate of drug-likeness (QED) is 0.569. The van der Waals surface area contributed by atoms with Crippen molar-refractivity contribution in [1.29, 1.82) is 0 Å². The molecular formula is C20H19N3O3S. The summed E-state index contributed by atoms with van der Waals surface area (Å²) in [6.07, 6.45) is 0. The normalized spacial score (nSPS) is 11.9. The van der Waals surface area contributed by atoms with Crippen LogP contribution >= 0.6 is 0 Å². The summed E-state index contributed by atoms with van der Waals surface area (Å²) >= 11 is 0. The van der Waals surface area contributed by atoms with E-state index in [0.29, 0.717) is 11.5 Å². The predicted octanol–water partition coefficient (Wildman–Crippen LogP) is 3.89. The topological polar surface area (TPSA) is 77.1 Å². The second-order valence-electron chi connectivity index (χ2n) is 6.06. The molecule has 2 aromatic heterocycles. The average Bonchev–Trinajstić information content (AvgIpc) is 3.32. The molecule has 0 fully saturated rings. The van der Waals surface area contributed by atoms with Crippen LogP contribution in [-0.4, -0.2) is 25.0 Å². The lowest BCUT2D eigenvalue weighted by Crippen LogP contribution is -2.18. The minimum atomic E-state index is -3.45. The van der Waals surface area contributed by atoms with Crippen LogP contribution in [0.1, 0.15) is 6.92 Å². The first-order valence-electron chi connectivity index (χ1n) is 8.63. The number of aromatic nitrogens is 2. The molecule has 2 heterocycles. The number of rotatable bonds is 5. The zero-order valence-electron chi connectivity index (χ0n) is 15.0. The molecule has 2 aromatic carbocycles. The van der Waals surface area contributed by atoms with Gasteiger partial charge in [0, 0.05) is 12.1 Å². The molecule has 0 radical (unpaired) electrons. The summed E-state index contributed by atoms with van der Waals surface area (Å²) in [5.41, 5.74) is 2.79. The van der Waals surface area contributed by atoms with Crippen LogP contribution < -0.4 is 4.72 Å². The van der Waals surface area contributed by atoms with Crippen LogP contribution in [0.25, 0.3) is 33.9 Å². The highest BCUT2D eigenvalue weighted by Gasteiger charge is 2.16. The summed E-state index contributed by atoms with van der Waals surface area (Å²) in [5.74, 6) is 2.11. The summed E-state index contributed by atoms with van der Waals surface area (Å²) < 4.78 is 34.1. The summed E-state index contributed by atoms with van der Waals surface area (Å²) in [6.45, 7) is 2.85. The van der Waals surface area contributed by atoms with Crippen LogP contribution in [0.15, 0.2) is 70.0 Å². The Kier molecular flexibility index (Phi) is 4.33. The molecule has 0 atom stereocenters. The van der Waals surface area contributed by atoms with E-state index < -0.39 is 10.0 Å². The lowest BCUT2D eigenvalue weighted by atomic mass is 10.2. The molecule has 7 heteroatoms. The van der Waals surface area contributed by atoms with Gasteiger partial charge >= 0.3 is 0 Å². The van der Waals surface area contributed by atoms with Crippen molar-refractivity contribution in [1.82, 2.24) is 14.3 Å². The fraction of sp³-hybridized carbons (Fsp3) is 0.150. The summed E-state index contributed by atoms with van der Waals surface area (Å²) in [7, 11) is -2.06. The third kappa shape index (κ3) is 3.05. The van der Waals surface area contributed by atoms with Crippen molar-refractivity contribution >= 4 is 21.1 Å². The SMILES string of the molecule is CCn1c(-c2ccc(-c3ccc(S(=O)(=O)NC)cc3)o2)nc2ccccc21. The van der Waals surface area contributed by atoms with Gasteiger partial charge in [-0.1, -0.05) is 12.1 Å². The van der Waals surface area contributed by atoms with E-state index in [1.807, 2.05) is 36.4 Å². The van der Waals surface area contributed by atoms with Gasteiger partial charge in [-0.2, -0.15) is 0 Å². The number of hydrogen-bond acceptors (Lipinski definition) is 4. The number of sulfonamides is 1. The van der Waals surface area contributed by atoms with Crippen molar-refractivity contribution in [2.45, 2.75) is 18.4 Å². The van der Waals surface area contributed by atoms with Crippen molar-refractivity contribution in [3.63, 3.8) is 0 Å². The molecule has 138 valence electrons. The third-order valence-corrected chi connectivity index (χ3v) is 5.95. The minimum Gasteiger partial charge on any atom is -0.453 e. The molecule has 0 amide bonds. The van der Waals surface area contributed by atoms with Crippen LogP contribution in [0.5, 0.6) is 0 Å². The second-order valence-corrected chi connectivity index (χ2v) is 7.95. The van der Waals surface area contributed by atoms with Gasteiger partial charge in [0.25, 0.3) is 0 Å². The lowest BCUT2D eigenvalue weighted by molar-refractivity contribution is 0.584. The zero-order chi connectivity index (χ0) is 19.0. The molecule has 0 saturated carbocycles. The Morgan fingerprint density at radius 3 is 2.41 bits per heavy atom. The molecule has 0 bridgehead atoms. The minimum absolute atomic E-state index is 0.216. The van der Waals surface area contributed by atoms with Crippen LogP contribution in [0.4, 0.5) is 0 Å². The van der Waals surface area contributed by atoms with Gasteiger partial charge in [-0.05, 0) is 62.5 Å². The molecular weight excluding hydrogens is 362 g/mol. The fourth-order valence-corrected chi connectivity index (χ4v) is 3.84. The Labute approximate surface area is 157 Å². The Balaban J connectivity index is 1.72. The molecule has 27 heavy (non-hydrogen) atoms. The maximum absolute atomic E-state index is 11.8. The van der Waals surface area contributed by atoms with E-state index >= 15 is 0 Å². The molecule has 4 aromatic rings. The maximum Gasteiger partial charge on any atom is 0.240 e. The van der Waals surface area contributed by atoms with Crippen LogP contribution in [-0.2, 0) is 16.6 Å². The Morgan fingerprint density at radius 1 is 1.00 bits per heavy atom. The number of para-hydroxylation sites is 2. The van der Waals surface area contributed by atoms with Crippen molar-refractivity contribution in [3.8, 4) is 22.9 Å². The van der Waals surface area contributed by atoms with E-state index in [-0.39, 0.29) is 4.90 Å². The molecule has 4 rings (SSSR count). The summed E-state index contributed by atoms with van der Waals surface area (Å²) in [4.78, 5) is 4.92. The molecule has 0 aliphatic rings. The van der Waals surface area contributed by atoms with E-state index in [9.17, 15) is 8.42 Å². The van der Waals surface area contributed by atoms with Gasteiger partial charge in [-0.3, -0.25) is 0 Å². The van der Waals surface area contributed by atoms with Crippen molar-refractivity contribution < 1.29 is 12.8 Å². The zero-order valence-corrected chi connectivity index (χ0v) is 15.8. The van der Waals surface area contributed by atoms with Crippen LogP contribution in [0.2, 0.25) is 0 Å². The highest BCUT2D eigenvalue weighted by Crippen LogP contribution is 2.30. The molecule has 6 nitrogen and oxygen atoms in total. The third-order valence-electron chi connectivity index (χ3n) is 4.52. The number of imidazole rings is 1. The predicted molar refractivity (Wildman–Crippen MR) is 105 cm³/mol. The number of aryl methyl sites for hydroxylation is 1. The summed E-state index contributed by atoms with van der Waals surface area (Å²) in [6, 6.07) is 18.3. The van der Waals surface area contributed by atoms with Gasteiger partial charge in [0.05, 0.1) is 15.9 Å². The number of hydrogen-bond donors (Lipinski definition) is 1. The number of furan rings is 1. The van der Waals surface area contributed by atoms with E-state index in [2.05, 4.69) is 16.2 Å². The van der Waals surface area contributed by atoms with Crippen molar-refractivity contribution in [3.05, 3.63) is 60.7 Å². The summed E-state index contributed by atoms with van der Waals surface area (Å²) in [5, 5.41) is 0. The molecule has 0 aliphatic heterocycles. The lowest BCUT2D eigenvalue weighted by Gasteiger charge is -2.04. The molecule has 1 N–H and O–H groups in total. The Bertz CT molecular complexity index is 1200. The first-order chi connectivity index (χ1) is 13.0. The van der Waals surface area contributed by atoms with E-state index in [0.717, 1.165) is 29.0 Å². The number of nitrogens with one attached hydrogen (secondary N) is 1. The van der Waals surface area contributed by atoms with Crippen LogP contribution in [0.3, 0.4) is 0 Å². The highest BCUT2D eigenvalue weighted by molar-refractivity contribution is 7.89. The molecule has 0 spiro atoms. The van der Waals surface area contributed by atoms with Crippen molar-refractivity contribution in [2.24, 2.45) is 0 Å². The number of nitrogens with zero attached hydrogens (tertiary/aromatic N) is 2. The number of benzene rings is 2. The van der Waals surface area contributed by atoms with Crippen LogP contribution in [0, 0.1) is 0 Å². The largest absolute Gasteiger partial charge is 0.453 e. The fourth-order valence-electron chi connectivity index (χ4n) is 3.11. The smallest absolute Gasteiger partial charge is 0.240 e. The van der Waals surface area contributed by atoms with Gasteiger partial charge in [0.1, 0.15) is 5.76 Å². The van der Waals surface area contributed by atoms with Gasteiger partial charge in [0.15, 0.2) is 11.6 Å². The van der Waals surface area contributed by atoms with Gasteiger partial charge in [0.2, 0.25) is 10.0 Å². The monoisotopic (exact) mass is 381 g/mol. The van der Waals surface area contributed by atoms with Crippen molar-refractivity contribution in [2.75, 3.05) is 7.05 Å². The van der Waals surface area contributed by atoms with E-state index in [1.165, 1.54) is 7.05 Å². The van der Waals surface area contributed by atoms with Gasteiger partial charge in [-0.15, -0.1) is 0 Å². The first kappa shape index (κ1) is 17.5. The average molecular weight is 381 g/mol. The van der Waals surface area contributed by atoms with Gasteiger partial charge in [-0.25, -0.2) is 18.1 Å². The molecule has 0 aliphatic carbocycles. The maximum atomic E-state index is 11.8. The van der Waals surface area contributed by atoms with E-state index in [4.69, 9.17) is 9.40 Å². The van der Waals surface area contributed by atoms with Gasteiger partial charge < -0.3 is 8.98 Å². The number of fused-ring (bicyclic) bond motifs is 1. The second kappa shape index (κ2) is 6.68.